The Labute approximate surface area is 96.4 Å². The summed E-state index contributed by atoms with van der Waals surface area (Å²) in [4.78, 5) is 5.50. The van der Waals surface area contributed by atoms with E-state index in [1.165, 1.54) is 10.5 Å². The zero-order valence-corrected chi connectivity index (χ0v) is 10.9. The molecule has 1 rings (SSSR count). The van der Waals surface area contributed by atoms with Gasteiger partial charge in [-0.1, -0.05) is 20.8 Å². The Balaban J connectivity index is 2.84. The predicted octanol–water partition coefficient (Wildman–Crippen LogP) is 3.68. The van der Waals surface area contributed by atoms with Crippen molar-refractivity contribution in [1.82, 2.24) is 4.98 Å². The topological polar surface area (TPSA) is 22.1 Å². The molecular weight excluding hydrogens is 206 g/mol. The standard InChI is InChI=1S/C12H19NOS/c1-6-14-11-7-9(2)10(8-13-11)15-12(3,4)5/h7-8H,6H2,1-5H3. The molecule has 2 nitrogen and oxygen atoms in total. The van der Waals surface area contributed by atoms with Crippen LogP contribution in [0.2, 0.25) is 0 Å². The van der Waals surface area contributed by atoms with E-state index in [0.29, 0.717) is 12.5 Å². The minimum atomic E-state index is 0.222. The highest BCUT2D eigenvalue weighted by atomic mass is 32.2. The SMILES string of the molecule is CCOc1cc(C)c(SC(C)(C)C)cn1. The van der Waals surface area contributed by atoms with Crippen LogP contribution in [0, 0.1) is 6.92 Å². The van der Waals surface area contributed by atoms with E-state index < -0.39 is 0 Å². The van der Waals surface area contributed by atoms with E-state index in [9.17, 15) is 0 Å². The predicted molar refractivity (Wildman–Crippen MR) is 65.8 cm³/mol. The quantitative estimate of drug-likeness (QED) is 0.733. The zero-order chi connectivity index (χ0) is 11.5. The van der Waals surface area contributed by atoms with Crippen molar-refractivity contribution < 1.29 is 4.74 Å². The van der Waals surface area contributed by atoms with Crippen molar-refractivity contribution in [1.29, 1.82) is 0 Å². The molecule has 15 heavy (non-hydrogen) atoms. The smallest absolute Gasteiger partial charge is 0.213 e. The second-order valence-corrected chi connectivity index (χ2v) is 6.30. The van der Waals surface area contributed by atoms with Crippen LogP contribution in [0.3, 0.4) is 0 Å². The Morgan fingerprint density at radius 2 is 2.07 bits per heavy atom. The number of hydrogen-bond acceptors (Lipinski definition) is 3. The van der Waals surface area contributed by atoms with Gasteiger partial charge >= 0.3 is 0 Å². The molecule has 0 amide bonds. The molecule has 0 radical (unpaired) electrons. The van der Waals surface area contributed by atoms with E-state index in [0.717, 1.165) is 0 Å². The molecule has 0 spiro atoms. The average Bonchev–Trinajstić information content (AvgIpc) is 2.08. The highest BCUT2D eigenvalue weighted by molar-refractivity contribution is 8.00. The van der Waals surface area contributed by atoms with Gasteiger partial charge in [0.15, 0.2) is 0 Å². The Kier molecular flexibility index (Phi) is 4.03. The summed E-state index contributed by atoms with van der Waals surface area (Å²) >= 11 is 1.84. The van der Waals surface area contributed by atoms with Crippen molar-refractivity contribution in [2.24, 2.45) is 0 Å². The van der Waals surface area contributed by atoms with Gasteiger partial charge < -0.3 is 4.74 Å². The molecule has 0 unspecified atom stereocenters. The summed E-state index contributed by atoms with van der Waals surface area (Å²) in [5.74, 6) is 0.716. The van der Waals surface area contributed by atoms with Gasteiger partial charge in [-0.3, -0.25) is 0 Å². The molecule has 0 bridgehead atoms. The van der Waals surface area contributed by atoms with Crippen LogP contribution in [0.1, 0.15) is 33.3 Å². The van der Waals surface area contributed by atoms with Gasteiger partial charge in [0.25, 0.3) is 0 Å². The number of hydrogen-bond donors (Lipinski definition) is 0. The van der Waals surface area contributed by atoms with E-state index in [1.807, 2.05) is 30.9 Å². The third-order valence-electron chi connectivity index (χ3n) is 1.75. The molecule has 1 heterocycles. The lowest BCUT2D eigenvalue weighted by molar-refractivity contribution is 0.326. The van der Waals surface area contributed by atoms with Crippen LogP contribution in [0.5, 0.6) is 5.88 Å². The molecule has 1 aromatic heterocycles. The molecular formula is C12H19NOS. The Bertz CT molecular complexity index is 331. The first-order valence-corrected chi connectivity index (χ1v) is 6.02. The summed E-state index contributed by atoms with van der Waals surface area (Å²) in [5.41, 5.74) is 1.23. The summed E-state index contributed by atoms with van der Waals surface area (Å²) in [6.45, 7) is 11.3. The minimum absolute atomic E-state index is 0.222. The zero-order valence-electron chi connectivity index (χ0n) is 10.1. The molecule has 1 aromatic rings. The van der Waals surface area contributed by atoms with E-state index >= 15 is 0 Å². The monoisotopic (exact) mass is 225 g/mol. The molecule has 0 aliphatic rings. The number of aryl methyl sites for hydroxylation is 1. The maximum absolute atomic E-state index is 5.35. The highest BCUT2D eigenvalue weighted by Crippen LogP contribution is 2.34. The number of nitrogens with zero attached hydrogens (tertiary/aromatic N) is 1. The maximum atomic E-state index is 5.35. The summed E-state index contributed by atoms with van der Waals surface area (Å²) in [6, 6.07) is 2.00. The lowest BCUT2D eigenvalue weighted by atomic mass is 10.3. The van der Waals surface area contributed by atoms with Gasteiger partial charge in [-0.05, 0) is 19.4 Å². The van der Waals surface area contributed by atoms with E-state index in [1.54, 1.807) is 0 Å². The molecule has 84 valence electrons. The van der Waals surface area contributed by atoms with Gasteiger partial charge in [0.2, 0.25) is 5.88 Å². The molecule has 0 N–H and O–H groups in total. The molecule has 0 aromatic carbocycles. The Morgan fingerprint density at radius 1 is 1.40 bits per heavy atom. The van der Waals surface area contributed by atoms with E-state index in [4.69, 9.17) is 4.74 Å². The van der Waals surface area contributed by atoms with Crippen LogP contribution in [0.25, 0.3) is 0 Å². The molecule has 3 heteroatoms. The Morgan fingerprint density at radius 3 is 2.53 bits per heavy atom. The third-order valence-corrected chi connectivity index (χ3v) is 3.01. The second kappa shape index (κ2) is 4.88. The number of aromatic nitrogens is 1. The van der Waals surface area contributed by atoms with Crippen LogP contribution < -0.4 is 4.74 Å². The van der Waals surface area contributed by atoms with Gasteiger partial charge in [-0.15, -0.1) is 11.8 Å². The third kappa shape index (κ3) is 4.12. The average molecular weight is 225 g/mol. The fourth-order valence-electron chi connectivity index (χ4n) is 1.18. The molecule has 0 fully saturated rings. The lowest BCUT2D eigenvalue weighted by Gasteiger charge is -2.18. The van der Waals surface area contributed by atoms with Crippen LogP contribution in [0.15, 0.2) is 17.2 Å². The molecule has 0 atom stereocenters. The van der Waals surface area contributed by atoms with Gasteiger partial charge in [0.05, 0.1) is 6.61 Å². The van der Waals surface area contributed by atoms with Crippen molar-refractivity contribution in [3.05, 3.63) is 17.8 Å². The minimum Gasteiger partial charge on any atom is -0.478 e. The highest BCUT2D eigenvalue weighted by Gasteiger charge is 2.14. The molecule has 0 saturated carbocycles. The van der Waals surface area contributed by atoms with Crippen LogP contribution in [-0.2, 0) is 0 Å². The first kappa shape index (κ1) is 12.4. The van der Waals surface area contributed by atoms with Gasteiger partial charge in [0.1, 0.15) is 0 Å². The summed E-state index contributed by atoms with van der Waals surface area (Å²) in [7, 11) is 0. The number of thioether (sulfide) groups is 1. The summed E-state index contributed by atoms with van der Waals surface area (Å²) in [6.07, 6.45) is 1.90. The molecule has 0 saturated heterocycles. The van der Waals surface area contributed by atoms with Gasteiger partial charge in [0, 0.05) is 21.9 Å². The van der Waals surface area contributed by atoms with Crippen molar-refractivity contribution in [3.8, 4) is 5.88 Å². The second-order valence-electron chi connectivity index (χ2n) is 4.44. The maximum Gasteiger partial charge on any atom is 0.213 e. The lowest BCUT2D eigenvalue weighted by Crippen LogP contribution is -2.07. The Hall–Kier alpha value is -0.700. The van der Waals surface area contributed by atoms with Gasteiger partial charge in [-0.2, -0.15) is 0 Å². The van der Waals surface area contributed by atoms with Crippen molar-refractivity contribution in [2.75, 3.05) is 6.61 Å². The van der Waals surface area contributed by atoms with E-state index in [2.05, 4.69) is 32.7 Å². The largest absolute Gasteiger partial charge is 0.478 e. The van der Waals surface area contributed by atoms with E-state index in [-0.39, 0.29) is 4.75 Å². The van der Waals surface area contributed by atoms with Crippen LogP contribution >= 0.6 is 11.8 Å². The number of ether oxygens (including phenoxy) is 1. The summed E-state index contributed by atoms with van der Waals surface area (Å²) < 4.78 is 5.57. The van der Waals surface area contributed by atoms with Crippen molar-refractivity contribution in [3.63, 3.8) is 0 Å². The van der Waals surface area contributed by atoms with Crippen molar-refractivity contribution in [2.45, 2.75) is 44.3 Å². The van der Waals surface area contributed by atoms with Crippen LogP contribution in [0.4, 0.5) is 0 Å². The first-order chi connectivity index (χ1) is 6.92. The fraction of sp³-hybridized carbons (Fsp3) is 0.583. The summed E-state index contributed by atoms with van der Waals surface area (Å²) in [5, 5.41) is 0. The van der Waals surface area contributed by atoms with Gasteiger partial charge in [-0.25, -0.2) is 4.98 Å². The number of rotatable bonds is 3. The first-order valence-electron chi connectivity index (χ1n) is 5.21. The fourth-order valence-corrected chi connectivity index (χ4v) is 2.17. The van der Waals surface area contributed by atoms with Crippen LogP contribution in [-0.4, -0.2) is 16.3 Å². The number of pyridine rings is 1. The normalized spacial score (nSPS) is 11.5. The molecule has 0 aliphatic heterocycles. The van der Waals surface area contributed by atoms with Crippen molar-refractivity contribution >= 4 is 11.8 Å². The molecule has 0 aliphatic carbocycles.